The molecule has 1 fully saturated rings. The first-order valence-corrected chi connectivity index (χ1v) is 11.1. The Balaban J connectivity index is 1.59. The van der Waals surface area contributed by atoms with Gasteiger partial charge in [-0.05, 0) is 25.3 Å². The van der Waals surface area contributed by atoms with Crippen LogP contribution in [0.4, 0.5) is 14.6 Å². The average Bonchev–Trinajstić information content (AvgIpc) is 3.54. The molecule has 10 nitrogen and oxygen atoms in total. The fourth-order valence-electron chi connectivity index (χ4n) is 4.58. The molecule has 1 aromatic carbocycles. The molecular weight excluding hydrogens is 470 g/mol. The topological polar surface area (TPSA) is 128 Å². The van der Waals surface area contributed by atoms with E-state index in [9.17, 15) is 9.18 Å². The molecule has 184 valence electrons. The molecule has 1 saturated heterocycles. The summed E-state index contributed by atoms with van der Waals surface area (Å²) in [7, 11) is 1.56. The van der Waals surface area contributed by atoms with E-state index in [4.69, 9.17) is 10.5 Å². The Hall–Kier alpha value is -4.37. The zero-order valence-corrected chi connectivity index (χ0v) is 19.5. The summed E-state index contributed by atoms with van der Waals surface area (Å²) in [6.07, 6.45) is 3.10. The molecule has 2 atom stereocenters. The molecule has 3 aromatic heterocycles. The van der Waals surface area contributed by atoms with Crippen LogP contribution in [0.3, 0.4) is 0 Å². The van der Waals surface area contributed by atoms with Crippen LogP contribution in [-0.2, 0) is 9.53 Å². The Morgan fingerprint density at radius 3 is 2.94 bits per heavy atom. The Morgan fingerprint density at radius 1 is 1.39 bits per heavy atom. The van der Waals surface area contributed by atoms with E-state index in [-0.39, 0.29) is 40.5 Å². The number of aromatic amines is 1. The molecule has 4 heterocycles. The van der Waals surface area contributed by atoms with Crippen molar-refractivity contribution in [1.82, 2.24) is 34.6 Å². The fraction of sp³-hybridized carbons (Fsp3) is 0.292. The van der Waals surface area contributed by atoms with Crippen LogP contribution in [0.1, 0.15) is 29.5 Å². The zero-order valence-electron chi connectivity index (χ0n) is 19.5. The highest BCUT2D eigenvalue weighted by Crippen LogP contribution is 2.32. The summed E-state index contributed by atoms with van der Waals surface area (Å²) >= 11 is 0. The number of aromatic nitrogens is 6. The molecule has 5 rings (SSSR count). The summed E-state index contributed by atoms with van der Waals surface area (Å²) in [6, 6.07) is 0.694. The normalized spacial score (nSPS) is 17.5. The summed E-state index contributed by atoms with van der Waals surface area (Å²) in [6.45, 7) is 5.90. The second-order valence-corrected chi connectivity index (χ2v) is 8.46. The van der Waals surface area contributed by atoms with Crippen molar-refractivity contribution in [2.24, 2.45) is 0 Å². The summed E-state index contributed by atoms with van der Waals surface area (Å²) in [5, 5.41) is 4.94. The van der Waals surface area contributed by atoms with Gasteiger partial charge >= 0.3 is 0 Å². The van der Waals surface area contributed by atoms with Crippen molar-refractivity contribution in [2.45, 2.75) is 25.4 Å². The number of amides is 1. The number of methoxy groups -OCH3 is 1. The number of nitrogen functional groups attached to an aromatic ring is 1. The number of hydrogen-bond acceptors (Lipinski definition) is 7. The number of carbonyl (C=O) groups is 1. The number of ether oxygens (including phenoxy) is 1. The van der Waals surface area contributed by atoms with Gasteiger partial charge in [0.2, 0.25) is 5.91 Å². The van der Waals surface area contributed by atoms with Gasteiger partial charge in [0, 0.05) is 19.7 Å². The lowest BCUT2D eigenvalue weighted by atomic mass is 10.1. The molecule has 0 bridgehead atoms. The van der Waals surface area contributed by atoms with E-state index >= 15 is 4.39 Å². The number of aryl methyl sites for hydroxylation is 1. The highest BCUT2D eigenvalue weighted by atomic mass is 19.1. The number of nitrogens with zero attached hydrogens (tertiary/aromatic N) is 6. The second kappa shape index (κ2) is 9.01. The maximum absolute atomic E-state index is 15.0. The van der Waals surface area contributed by atoms with Gasteiger partial charge < -0.3 is 20.4 Å². The van der Waals surface area contributed by atoms with Gasteiger partial charge in [0.05, 0.1) is 35.2 Å². The molecule has 36 heavy (non-hydrogen) atoms. The number of H-pyrrole nitrogens is 1. The van der Waals surface area contributed by atoms with Gasteiger partial charge in [-0.2, -0.15) is 5.10 Å². The van der Waals surface area contributed by atoms with Crippen LogP contribution in [0.5, 0.6) is 0 Å². The van der Waals surface area contributed by atoms with Gasteiger partial charge in [-0.25, -0.2) is 28.4 Å². The van der Waals surface area contributed by atoms with Gasteiger partial charge in [-0.15, -0.1) is 0 Å². The number of fused-ring (bicyclic) bond motifs is 2. The van der Waals surface area contributed by atoms with E-state index in [2.05, 4.69) is 43.5 Å². The molecule has 0 unspecified atom stereocenters. The smallest absolute Gasteiger partial charge is 0.246 e. The van der Waals surface area contributed by atoms with Crippen molar-refractivity contribution >= 4 is 33.8 Å². The largest absolute Gasteiger partial charge is 0.383 e. The van der Waals surface area contributed by atoms with Crippen LogP contribution in [0.15, 0.2) is 25.0 Å². The Bertz CT molecular complexity index is 1580. The van der Waals surface area contributed by atoms with Crippen molar-refractivity contribution < 1.29 is 18.3 Å². The van der Waals surface area contributed by atoms with E-state index in [1.807, 2.05) is 0 Å². The van der Waals surface area contributed by atoms with Crippen LogP contribution < -0.4 is 5.73 Å². The number of nitrogens with one attached hydrogen (secondary N) is 1. The summed E-state index contributed by atoms with van der Waals surface area (Å²) < 4.78 is 36.6. The molecule has 4 aromatic rings. The van der Waals surface area contributed by atoms with Gasteiger partial charge in [0.15, 0.2) is 11.5 Å². The van der Waals surface area contributed by atoms with E-state index in [1.54, 1.807) is 23.6 Å². The fourth-order valence-corrected chi connectivity index (χ4v) is 4.58. The molecule has 0 saturated carbocycles. The van der Waals surface area contributed by atoms with Crippen LogP contribution in [-0.4, -0.2) is 66.8 Å². The maximum Gasteiger partial charge on any atom is 0.246 e. The van der Waals surface area contributed by atoms with Crippen molar-refractivity contribution in [3.05, 3.63) is 53.8 Å². The van der Waals surface area contributed by atoms with Crippen molar-refractivity contribution in [3.8, 4) is 11.8 Å². The first kappa shape index (κ1) is 23.4. The first-order valence-electron chi connectivity index (χ1n) is 11.1. The molecule has 0 aliphatic carbocycles. The Morgan fingerprint density at radius 2 is 2.19 bits per heavy atom. The maximum atomic E-state index is 15.0. The monoisotopic (exact) mass is 492 g/mol. The Kier molecular flexibility index (Phi) is 5.85. The molecule has 1 amide bonds. The highest BCUT2D eigenvalue weighted by Gasteiger charge is 2.37. The molecule has 1 aliphatic rings. The van der Waals surface area contributed by atoms with Crippen molar-refractivity contribution in [3.63, 3.8) is 0 Å². The summed E-state index contributed by atoms with van der Waals surface area (Å²) in [4.78, 5) is 29.3. The number of carbonyl (C=O) groups excluding carboxylic acids is 1. The van der Waals surface area contributed by atoms with Crippen LogP contribution >= 0.6 is 0 Å². The lowest BCUT2D eigenvalue weighted by Gasteiger charge is -2.22. The summed E-state index contributed by atoms with van der Waals surface area (Å²) in [5.74, 6) is 3.95. The van der Waals surface area contributed by atoms with E-state index < -0.39 is 17.2 Å². The number of anilines is 1. The average molecular weight is 492 g/mol. The van der Waals surface area contributed by atoms with Gasteiger partial charge in [0.25, 0.3) is 0 Å². The van der Waals surface area contributed by atoms with Gasteiger partial charge in [0.1, 0.15) is 35.0 Å². The van der Waals surface area contributed by atoms with Crippen LogP contribution in [0.25, 0.3) is 22.1 Å². The predicted molar refractivity (Wildman–Crippen MR) is 128 cm³/mol. The van der Waals surface area contributed by atoms with E-state index in [0.717, 1.165) is 6.07 Å². The standard InChI is InChI=1S/C24H22F2N8O2/c1-4-19(35)33-9-13(7-14(33)10-36-3)34-24-20(23(27)28-11-29-24)17(32-34)6-5-15-16(25)8-18-22(21(15)26)31-12(2)30-18/h4,8,11,13-14H,1,7,9-10H2,2-3H3,(H,30,31)(H2,27,28,29)/t13-,14+/m0/s1. The third-order valence-corrected chi connectivity index (χ3v) is 6.17. The number of halogens is 2. The SMILES string of the molecule is C=CC(=O)N1C[C@@H](n2nc(C#Cc3c(F)cc4[nH]c(C)nc4c3F)c3c(N)ncnc32)C[C@@H]1COC. The van der Waals surface area contributed by atoms with Crippen LogP contribution in [0.2, 0.25) is 0 Å². The highest BCUT2D eigenvalue weighted by molar-refractivity contribution is 5.91. The van der Waals surface area contributed by atoms with Gasteiger partial charge in [-0.3, -0.25) is 4.79 Å². The minimum atomic E-state index is -0.869. The number of rotatable bonds is 4. The van der Waals surface area contributed by atoms with E-state index in [0.29, 0.717) is 36.4 Å². The molecule has 0 spiro atoms. The molecule has 1 aliphatic heterocycles. The number of nitrogens with two attached hydrogens (primary N) is 1. The van der Waals surface area contributed by atoms with Crippen molar-refractivity contribution in [1.29, 1.82) is 0 Å². The third kappa shape index (κ3) is 3.83. The molecule has 0 radical (unpaired) electrons. The predicted octanol–water partition coefficient (Wildman–Crippen LogP) is 2.25. The number of benzene rings is 1. The number of likely N-dealkylation sites (tertiary alicyclic amines) is 1. The summed E-state index contributed by atoms with van der Waals surface area (Å²) in [5.41, 5.74) is 6.49. The molecule has 12 heteroatoms. The zero-order chi connectivity index (χ0) is 25.6. The van der Waals surface area contributed by atoms with Crippen molar-refractivity contribution in [2.75, 3.05) is 26.0 Å². The third-order valence-electron chi connectivity index (χ3n) is 6.17. The van der Waals surface area contributed by atoms with Crippen LogP contribution in [0, 0.1) is 30.4 Å². The first-order chi connectivity index (χ1) is 17.3. The lowest BCUT2D eigenvalue weighted by Crippen LogP contribution is -2.37. The minimum Gasteiger partial charge on any atom is -0.383 e. The minimum absolute atomic E-state index is 0.00134. The number of imidazole rings is 1. The quantitative estimate of drug-likeness (QED) is 0.330. The van der Waals surface area contributed by atoms with E-state index in [1.165, 1.54) is 12.4 Å². The lowest BCUT2D eigenvalue weighted by molar-refractivity contribution is -0.127. The van der Waals surface area contributed by atoms with Gasteiger partial charge in [-0.1, -0.05) is 12.5 Å². The second-order valence-electron chi connectivity index (χ2n) is 8.46. The number of hydrogen-bond donors (Lipinski definition) is 2. The molecule has 3 N–H and O–H groups in total. The molecular formula is C24H22F2N8O2. The Labute approximate surface area is 204 Å².